The van der Waals surface area contributed by atoms with Gasteiger partial charge < -0.3 is 9.84 Å². The molecule has 0 radical (unpaired) electrons. The van der Waals surface area contributed by atoms with Gasteiger partial charge in [-0.2, -0.15) is 16.1 Å². The van der Waals surface area contributed by atoms with Gasteiger partial charge in [-0.1, -0.05) is 0 Å². The number of nitrogens with zero attached hydrogens (tertiary/aromatic N) is 1. The molecule has 0 aromatic heterocycles. The highest BCUT2D eigenvalue weighted by Gasteiger charge is 2.36. The molecule has 0 aliphatic carbocycles. The number of ether oxygens (including phenoxy) is 1. The number of carbonyl (C=O) groups is 1. The van der Waals surface area contributed by atoms with Gasteiger partial charge in [0.1, 0.15) is 0 Å². The zero-order valence-corrected chi connectivity index (χ0v) is 12.3. The van der Waals surface area contributed by atoms with Crippen molar-refractivity contribution in [2.75, 3.05) is 30.4 Å². The summed E-state index contributed by atoms with van der Waals surface area (Å²) in [5.41, 5.74) is 0. The van der Waals surface area contributed by atoms with Crippen LogP contribution in [0.5, 0.6) is 0 Å². The molecule has 110 valence electrons. The number of thioether (sulfide) groups is 1. The predicted octanol–water partition coefficient (Wildman–Crippen LogP) is 0.387. The molecule has 0 bridgehead atoms. The maximum atomic E-state index is 12.4. The van der Waals surface area contributed by atoms with E-state index in [2.05, 4.69) is 0 Å². The Balaban J connectivity index is 2.04. The van der Waals surface area contributed by atoms with E-state index in [4.69, 9.17) is 9.84 Å². The van der Waals surface area contributed by atoms with Crippen molar-refractivity contribution in [1.82, 2.24) is 4.31 Å². The van der Waals surface area contributed by atoms with Gasteiger partial charge in [-0.05, 0) is 12.8 Å². The summed E-state index contributed by atoms with van der Waals surface area (Å²) in [6, 6.07) is -0.428. The average Bonchev–Trinajstić information content (AvgIpc) is 2.80. The molecule has 6 nitrogen and oxygen atoms in total. The molecule has 0 spiro atoms. The van der Waals surface area contributed by atoms with Gasteiger partial charge in [-0.3, -0.25) is 4.79 Å². The molecule has 19 heavy (non-hydrogen) atoms. The maximum absolute atomic E-state index is 12.4. The van der Waals surface area contributed by atoms with Crippen molar-refractivity contribution in [3.8, 4) is 0 Å². The molecule has 0 aromatic rings. The van der Waals surface area contributed by atoms with Crippen LogP contribution in [-0.2, 0) is 19.6 Å². The fourth-order valence-corrected chi connectivity index (χ4v) is 5.64. The highest BCUT2D eigenvalue weighted by Crippen LogP contribution is 2.24. The summed E-state index contributed by atoms with van der Waals surface area (Å²) in [7, 11) is -3.43. The number of carboxylic acid groups (broad SMARTS) is 1. The number of aliphatic carboxylic acids is 1. The van der Waals surface area contributed by atoms with E-state index in [9.17, 15) is 13.2 Å². The first-order chi connectivity index (χ1) is 8.99. The molecule has 2 aliphatic heterocycles. The molecule has 2 aliphatic rings. The first-order valence-electron chi connectivity index (χ1n) is 6.40. The summed E-state index contributed by atoms with van der Waals surface area (Å²) in [4.78, 5) is 10.8. The molecule has 2 unspecified atom stereocenters. The lowest BCUT2D eigenvalue weighted by Crippen LogP contribution is -2.49. The van der Waals surface area contributed by atoms with Crippen molar-refractivity contribution in [3.05, 3.63) is 0 Å². The van der Waals surface area contributed by atoms with E-state index < -0.39 is 22.0 Å². The number of sulfonamides is 1. The van der Waals surface area contributed by atoms with Crippen LogP contribution in [0.1, 0.15) is 19.3 Å². The van der Waals surface area contributed by atoms with Crippen molar-refractivity contribution in [2.45, 2.75) is 31.4 Å². The summed E-state index contributed by atoms with van der Waals surface area (Å²) in [6.07, 6.45) is 1.31. The molecule has 2 atom stereocenters. The lowest BCUT2D eigenvalue weighted by Gasteiger charge is -2.34. The van der Waals surface area contributed by atoms with E-state index in [1.165, 1.54) is 4.31 Å². The summed E-state index contributed by atoms with van der Waals surface area (Å²) in [6.45, 7) is 1.02. The van der Waals surface area contributed by atoms with Crippen LogP contribution in [-0.4, -0.2) is 66.4 Å². The van der Waals surface area contributed by atoms with Crippen molar-refractivity contribution >= 4 is 27.8 Å². The van der Waals surface area contributed by atoms with Gasteiger partial charge >= 0.3 is 5.97 Å². The van der Waals surface area contributed by atoms with Crippen LogP contribution in [0.15, 0.2) is 0 Å². The number of hydrogen-bond acceptors (Lipinski definition) is 5. The Kier molecular flexibility index (Phi) is 5.10. The number of rotatable bonds is 5. The Labute approximate surface area is 117 Å². The van der Waals surface area contributed by atoms with Crippen LogP contribution < -0.4 is 0 Å². The normalized spacial score (nSPS) is 29.5. The van der Waals surface area contributed by atoms with Crippen LogP contribution in [0.4, 0.5) is 0 Å². The molecule has 2 saturated heterocycles. The summed E-state index contributed by atoms with van der Waals surface area (Å²) in [5, 5.41) is 8.88. The molecule has 0 amide bonds. The summed E-state index contributed by atoms with van der Waals surface area (Å²) >= 11 is 1.61. The summed E-state index contributed by atoms with van der Waals surface area (Å²) < 4.78 is 31.5. The Morgan fingerprint density at radius 1 is 1.47 bits per heavy atom. The maximum Gasteiger partial charge on any atom is 0.305 e. The molecule has 2 fully saturated rings. The third kappa shape index (κ3) is 4.08. The van der Waals surface area contributed by atoms with E-state index in [0.29, 0.717) is 18.9 Å². The largest absolute Gasteiger partial charge is 0.481 e. The molecule has 1 N–H and O–H groups in total. The topological polar surface area (TPSA) is 83.9 Å². The van der Waals surface area contributed by atoms with E-state index in [-0.39, 0.29) is 18.3 Å². The third-order valence-electron chi connectivity index (χ3n) is 3.36. The van der Waals surface area contributed by atoms with Crippen molar-refractivity contribution in [1.29, 1.82) is 0 Å². The molecule has 0 aromatic carbocycles. The first-order valence-corrected chi connectivity index (χ1v) is 9.16. The Bertz CT molecular complexity index is 419. The van der Waals surface area contributed by atoms with Crippen LogP contribution >= 0.6 is 11.8 Å². The third-order valence-corrected chi connectivity index (χ3v) is 6.44. The van der Waals surface area contributed by atoms with Crippen molar-refractivity contribution < 1.29 is 23.1 Å². The Hall–Kier alpha value is -0.310. The van der Waals surface area contributed by atoms with E-state index in [0.717, 1.165) is 18.6 Å². The van der Waals surface area contributed by atoms with Gasteiger partial charge in [0.15, 0.2) is 0 Å². The Morgan fingerprint density at radius 2 is 2.26 bits per heavy atom. The predicted molar refractivity (Wildman–Crippen MR) is 72.8 cm³/mol. The quantitative estimate of drug-likeness (QED) is 0.791. The standard InChI is InChI=1S/C11H19NO5S2/c13-11(14)6-9-7-18-5-3-12(9)19(15,16)8-10-2-1-4-17-10/h9-10H,1-8H2,(H,13,14). The second kappa shape index (κ2) is 6.43. The van der Waals surface area contributed by atoms with E-state index >= 15 is 0 Å². The second-order valence-electron chi connectivity index (χ2n) is 4.85. The zero-order valence-electron chi connectivity index (χ0n) is 10.7. The minimum absolute atomic E-state index is 0.0201. The highest BCUT2D eigenvalue weighted by molar-refractivity contribution is 7.99. The lowest BCUT2D eigenvalue weighted by atomic mass is 10.2. The van der Waals surface area contributed by atoms with Crippen LogP contribution in [0.25, 0.3) is 0 Å². The van der Waals surface area contributed by atoms with Crippen molar-refractivity contribution in [2.24, 2.45) is 0 Å². The fourth-order valence-electron chi connectivity index (χ4n) is 2.47. The van der Waals surface area contributed by atoms with Gasteiger partial charge in [-0.25, -0.2) is 8.42 Å². The Morgan fingerprint density at radius 3 is 2.89 bits per heavy atom. The first kappa shape index (κ1) is 15.1. The zero-order chi connectivity index (χ0) is 13.9. The van der Waals surface area contributed by atoms with Crippen LogP contribution in [0.2, 0.25) is 0 Å². The molecular weight excluding hydrogens is 290 g/mol. The number of hydrogen-bond donors (Lipinski definition) is 1. The monoisotopic (exact) mass is 309 g/mol. The van der Waals surface area contributed by atoms with Gasteiger partial charge in [0.05, 0.1) is 18.3 Å². The molecule has 0 saturated carbocycles. The van der Waals surface area contributed by atoms with Gasteiger partial charge in [-0.15, -0.1) is 0 Å². The van der Waals surface area contributed by atoms with Crippen LogP contribution in [0, 0.1) is 0 Å². The smallest absolute Gasteiger partial charge is 0.305 e. The minimum atomic E-state index is -3.43. The van der Waals surface area contributed by atoms with Crippen LogP contribution in [0.3, 0.4) is 0 Å². The van der Waals surface area contributed by atoms with Crippen molar-refractivity contribution in [3.63, 3.8) is 0 Å². The highest BCUT2D eigenvalue weighted by atomic mass is 32.2. The molecule has 2 heterocycles. The SMILES string of the molecule is O=C(O)CC1CSCCN1S(=O)(=O)CC1CCCO1. The van der Waals surface area contributed by atoms with Gasteiger partial charge in [0.25, 0.3) is 0 Å². The van der Waals surface area contributed by atoms with E-state index in [1.54, 1.807) is 11.8 Å². The average molecular weight is 309 g/mol. The van der Waals surface area contributed by atoms with Gasteiger partial charge in [0, 0.05) is 30.7 Å². The minimum Gasteiger partial charge on any atom is -0.481 e. The molecule has 8 heteroatoms. The number of carboxylic acids is 1. The summed E-state index contributed by atoms with van der Waals surface area (Å²) in [5.74, 6) is 0.302. The molecule has 2 rings (SSSR count). The molecular formula is C11H19NO5S2. The van der Waals surface area contributed by atoms with Gasteiger partial charge in [0.2, 0.25) is 10.0 Å². The second-order valence-corrected chi connectivity index (χ2v) is 7.97. The lowest BCUT2D eigenvalue weighted by molar-refractivity contribution is -0.137. The van der Waals surface area contributed by atoms with E-state index in [1.807, 2.05) is 0 Å². The fraction of sp³-hybridized carbons (Fsp3) is 0.909.